The third kappa shape index (κ3) is 3.91. The average Bonchev–Trinajstić information content (AvgIpc) is 2.67. The molecule has 1 aromatic carbocycles. The molecule has 0 saturated carbocycles. The summed E-state index contributed by atoms with van der Waals surface area (Å²) in [5.74, 6) is 2.27. The topological polar surface area (TPSA) is 66.4 Å². The molecule has 1 N–H and O–H groups in total. The quantitative estimate of drug-likeness (QED) is 0.864. The van der Waals surface area contributed by atoms with Crippen LogP contribution in [0.4, 0.5) is 11.8 Å². The number of anilines is 2. The van der Waals surface area contributed by atoms with Crippen LogP contribution in [0.3, 0.4) is 0 Å². The van der Waals surface area contributed by atoms with Gasteiger partial charge in [0.05, 0.1) is 13.3 Å². The van der Waals surface area contributed by atoms with Crippen LogP contribution in [0.1, 0.15) is 12.5 Å². The molecule has 0 radical (unpaired) electrons. The number of aromatic nitrogens is 3. The Labute approximate surface area is 142 Å². The Morgan fingerprint density at radius 2 is 1.96 bits per heavy atom. The summed E-state index contributed by atoms with van der Waals surface area (Å²) in [4.78, 5) is 9.30. The minimum absolute atomic E-state index is 0.538. The highest BCUT2D eigenvalue weighted by atomic mass is 16.5. The number of methoxy groups -OCH3 is 1. The van der Waals surface area contributed by atoms with Gasteiger partial charge in [0.15, 0.2) is 5.82 Å². The first kappa shape index (κ1) is 16.4. The summed E-state index contributed by atoms with van der Waals surface area (Å²) in [7, 11) is 1.67. The summed E-state index contributed by atoms with van der Waals surface area (Å²) < 4.78 is 5.36. The molecule has 0 amide bonds. The number of nitrogens with one attached hydrogen (secondary N) is 1. The molecule has 3 rings (SSSR count). The lowest BCUT2D eigenvalue weighted by atomic mass is 10.2. The summed E-state index contributed by atoms with van der Waals surface area (Å²) in [5, 5.41) is 11.4. The number of piperazine rings is 1. The van der Waals surface area contributed by atoms with Crippen molar-refractivity contribution in [2.24, 2.45) is 0 Å². The van der Waals surface area contributed by atoms with Crippen LogP contribution in [0.15, 0.2) is 30.5 Å². The molecule has 7 heteroatoms. The zero-order valence-electron chi connectivity index (χ0n) is 14.3. The van der Waals surface area contributed by atoms with Crippen molar-refractivity contribution in [2.45, 2.75) is 13.5 Å². The Hall–Kier alpha value is -2.41. The van der Waals surface area contributed by atoms with Gasteiger partial charge in [-0.05, 0) is 12.6 Å². The molecule has 0 spiro atoms. The van der Waals surface area contributed by atoms with E-state index in [1.807, 2.05) is 24.3 Å². The highest BCUT2D eigenvalue weighted by Gasteiger charge is 2.17. The molecule has 1 fully saturated rings. The molecule has 0 atom stereocenters. The van der Waals surface area contributed by atoms with Crippen molar-refractivity contribution in [3.63, 3.8) is 0 Å². The van der Waals surface area contributed by atoms with Crippen LogP contribution in [0.5, 0.6) is 5.75 Å². The molecule has 1 aromatic heterocycles. The second kappa shape index (κ2) is 7.92. The van der Waals surface area contributed by atoms with Crippen LogP contribution in [-0.2, 0) is 6.54 Å². The van der Waals surface area contributed by atoms with Crippen molar-refractivity contribution in [3.8, 4) is 5.75 Å². The van der Waals surface area contributed by atoms with E-state index in [4.69, 9.17) is 4.74 Å². The van der Waals surface area contributed by atoms with Crippen LogP contribution >= 0.6 is 0 Å². The van der Waals surface area contributed by atoms with Gasteiger partial charge in [0.1, 0.15) is 5.75 Å². The summed E-state index contributed by atoms with van der Waals surface area (Å²) in [6.45, 7) is 7.95. The third-order valence-corrected chi connectivity index (χ3v) is 4.32. The van der Waals surface area contributed by atoms with E-state index in [2.05, 4.69) is 37.2 Å². The number of hydrogen-bond donors (Lipinski definition) is 1. The van der Waals surface area contributed by atoms with E-state index in [0.29, 0.717) is 12.5 Å². The van der Waals surface area contributed by atoms with Gasteiger partial charge in [0.2, 0.25) is 5.95 Å². The lowest BCUT2D eigenvalue weighted by Crippen LogP contribution is -2.46. The van der Waals surface area contributed by atoms with E-state index < -0.39 is 0 Å². The van der Waals surface area contributed by atoms with Gasteiger partial charge in [-0.15, -0.1) is 5.10 Å². The monoisotopic (exact) mass is 328 g/mol. The zero-order chi connectivity index (χ0) is 16.8. The van der Waals surface area contributed by atoms with Crippen molar-refractivity contribution in [1.29, 1.82) is 0 Å². The van der Waals surface area contributed by atoms with Crippen LogP contribution in [0, 0.1) is 0 Å². The maximum atomic E-state index is 5.36. The molecule has 24 heavy (non-hydrogen) atoms. The van der Waals surface area contributed by atoms with E-state index in [0.717, 1.165) is 49.9 Å². The standard InChI is InChI=1S/C17H24N6O/c1-3-22-8-10-23(11-9-22)16-13-19-21-17(20-16)18-12-14-6-4-5-7-15(14)24-2/h4-7,13H,3,8-12H2,1-2H3,(H,18,20,21). The first-order valence-corrected chi connectivity index (χ1v) is 8.33. The fourth-order valence-corrected chi connectivity index (χ4v) is 2.84. The highest BCUT2D eigenvalue weighted by Crippen LogP contribution is 2.19. The van der Waals surface area contributed by atoms with Gasteiger partial charge >= 0.3 is 0 Å². The number of benzene rings is 1. The van der Waals surface area contributed by atoms with E-state index in [1.165, 1.54) is 0 Å². The maximum Gasteiger partial charge on any atom is 0.244 e. The zero-order valence-corrected chi connectivity index (χ0v) is 14.3. The molecule has 0 bridgehead atoms. The van der Waals surface area contributed by atoms with Crippen molar-refractivity contribution >= 4 is 11.8 Å². The Kier molecular flexibility index (Phi) is 5.43. The number of nitrogens with zero attached hydrogens (tertiary/aromatic N) is 5. The summed E-state index contributed by atoms with van der Waals surface area (Å²) >= 11 is 0. The average molecular weight is 328 g/mol. The molecule has 0 aliphatic carbocycles. The van der Waals surface area contributed by atoms with E-state index in [9.17, 15) is 0 Å². The summed E-state index contributed by atoms with van der Waals surface area (Å²) in [5.41, 5.74) is 1.06. The van der Waals surface area contributed by atoms with Crippen molar-refractivity contribution < 1.29 is 4.74 Å². The lowest BCUT2D eigenvalue weighted by molar-refractivity contribution is 0.270. The van der Waals surface area contributed by atoms with Gasteiger partial charge in [0.25, 0.3) is 0 Å². The normalized spacial score (nSPS) is 15.3. The summed E-state index contributed by atoms with van der Waals surface area (Å²) in [6.07, 6.45) is 1.73. The molecule has 2 heterocycles. The minimum atomic E-state index is 0.538. The van der Waals surface area contributed by atoms with Gasteiger partial charge in [-0.1, -0.05) is 25.1 Å². The third-order valence-electron chi connectivity index (χ3n) is 4.32. The fourth-order valence-electron chi connectivity index (χ4n) is 2.84. The molecule has 2 aromatic rings. The van der Waals surface area contributed by atoms with Crippen molar-refractivity contribution in [1.82, 2.24) is 20.1 Å². The first-order valence-electron chi connectivity index (χ1n) is 8.33. The lowest BCUT2D eigenvalue weighted by Gasteiger charge is -2.34. The van der Waals surface area contributed by atoms with E-state index in [1.54, 1.807) is 13.3 Å². The number of hydrogen-bond acceptors (Lipinski definition) is 7. The molecular formula is C17H24N6O. The molecule has 1 saturated heterocycles. The highest BCUT2D eigenvalue weighted by molar-refractivity contribution is 5.42. The SMILES string of the molecule is CCN1CCN(c2cnnc(NCc3ccccc3OC)n2)CC1. The molecule has 7 nitrogen and oxygen atoms in total. The van der Waals surface area contributed by atoms with E-state index in [-0.39, 0.29) is 0 Å². The maximum absolute atomic E-state index is 5.36. The van der Waals surface area contributed by atoms with Gasteiger partial charge in [0, 0.05) is 38.3 Å². The van der Waals surface area contributed by atoms with E-state index >= 15 is 0 Å². The van der Waals surface area contributed by atoms with Gasteiger partial charge in [-0.25, -0.2) is 0 Å². The number of rotatable bonds is 6. The van der Waals surface area contributed by atoms with Crippen molar-refractivity contribution in [2.75, 3.05) is 50.1 Å². The molecular weight excluding hydrogens is 304 g/mol. The Morgan fingerprint density at radius 1 is 1.17 bits per heavy atom. The summed E-state index contributed by atoms with van der Waals surface area (Å²) in [6, 6.07) is 7.91. The largest absolute Gasteiger partial charge is 0.496 e. The number of likely N-dealkylation sites (N-methyl/N-ethyl adjacent to an activating group) is 1. The smallest absolute Gasteiger partial charge is 0.244 e. The predicted octanol–water partition coefficient (Wildman–Crippen LogP) is 1.63. The fraction of sp³-hybridized carbons (Fsp3) is 0.471. The molecule has 0 unspecified atom stereocenters. The predicted molar refractivity (Wildman–Crippen MR) is 94.5 cm³/mol. The van der Waals surface area contributed by atoms with Gasteiger partial charge in [-0.3, -0.25) is 0 Å². The second-order valence-electron chi connectivity index (χ2n) is 5.72. The number of ether oxygens (including phenoxy) is 1. The second-order valence-corrected chi connectivity index (χ2v) is 5.72. The Balaban J connectivity index is 1.63. The van der Waals surface area contributed by atoms with Crippen LogP contribution in [-0.4, -0.2) is 59.9 Å². The minimum Gasteiger partial charge on any atom is -0.496 e. The van der Waals surface area contributed by atoms with Crippen molar-refractivity contribution in [3.05, 3.63) is 36.0 Å². The first-order chi connectivity index (χ1) is 11.8. The van der Waals surface area contributed by atoms with Crippen LogP contribution in [0.25, 0.3) is 0 Å². The van der Waals surface area contributed by atoms with Gasteiger partial charge < -0.3 is 19.9 Å². The molecule has 1 aliphatic rings. The van der Waals surface area contributed by atoms with Crippen LogP contribution in [0.2, 0.25) is 0 Å². The van der Waals surface area contributed by atoms with Crippen LogP contribution < -0.4 is 15.0 Å². The Bertz CT molecular complexity index is 657. The molecule has 1 aliphatic heterocycles. The Morgan fingerprint density at radius 3 is 2.71 bits per heavy atom. The van der Waals surface area contributed by atoms with Gasteiger partial charge in [-0.2, -0.15) is 10.1 Å². The number of para-hydroxylation sites is 1. The molecule has 128 valence electrons.